The van der Waals surface area contributed by atoms with E-state index in [1.807, 2.05) is 19.1 Å². The Labute approximate surface area is 116 Å². The number of morpholine rings is 1. The standard InChI is InChI=1S/C14H17NO5/c1-10-2-4-11(5-3-10)20-9-13(16)15-6-7-19-12(8-15)14(17)18/h2-5,12H,6-9H2,1H3,(H,17,18)/t12-/m0/s1. The molecule has 1 amide bonds. The highest BCUT2D eigenvalue weighted by molar-refractivity contribution is 5.79. The minimum absolute atomic E-state index is 0.0609. The zero-order valence-electron chi connectivity index (χ0n) is 11.2. The lowest BCUT2D eigenvalue weighted by Crippen LogP contribution is -2.49. The monoisotopic (exact) mass is 279 g/mol. The molecule has 108 valence electrons. The fraction of sp³-hybridized carbons (Fsp3) is 0.429. The lowest BCUT2D eigenvalue weighted by Gasteiger charge is -2.30. The van der Waals surface area contributed by atoms with Crippen LogP contribution in [0.4, 0.5) is 0 Å². The van der Waals surface area contributed by atoms with Gasteiger partial charge in [0.1, 0.15) is 5.75 Å². The van der Waals surface area contributed by atoms with Gasteiger partial charge in [-0.3, -0.25) is 4.79 Å². The first-order valence-electron chi connectivity index (χ1n) is 6.38. The van der Waals surface area contributed by atoms with Crippen LogP contribution in [-0.4, -0.2) is 54.3 Å². The SMILES string of the molecule is Cc1ccc(OCC(=O)N2CCO[C@H](C(=O)O)C2)cc1. The number of carbonyl (C=O) groups excluding carboxylic acids is 1. The molecule has 1 fully saturated rings. The van der Waals surface area contributed by atoms with E-state index >= 15 is 0 Å². The molecule has 6 heteroatoms. The molecular formula is C14H17NO5. The lowest BCUT2D eigenvalue weighted by atomic mass is 10.2. The van der Waals surface area contributed by atoms with Crippen LogP contribution in [0.2, 0.25) is 0 Å². The summed E-state index contributed by atoms with van der Waals surface area (Å²) >= 11 is 0. The van der Waals surface area contributed by atoms with Gasteiger partial charge in [0.2, 0.25) is 0 Å². The Balaban J connectivity index is 1.85. The van der Waals surface area contributed by atoms with Crippen molar-refractivity contribution in [2.75, 3.05) is 26.3 Å². The number of aliphatic carboxylic acids is 1. The van der Waals surface area contributed by atoms with Crippen molar-refractivity contribution < 1.29 is 24.2 Å². The van der Waals surface area contributed by atoms with Crippen LogP contribution in [0.3, 0.4) is 0 Å². The smallest absolute Gasteiger partial charge is 0.334 e. The first-order valence-corrected chi connectivity index (χ1v) is 6.38. The third kappa shape index (κ3) is 3.71. The third-order valence-electron chi connectivity index (χ3n) is 3.08. The van der Waals surface area contributed by atoms with Gasteiger partial charge in [0.05, 0.1) is 13.2 Å². The summed E-state index contributed by atoms with van der Waals surface area (Å²) in [5, 5.41) is 8.88. The van der Waals surface area contributed by atoms with Crippen molar-refractivity contribution in [2.45, 2.75) is 13.0 Å². The van der Waals surface area contributed by atoms with E-state index in [4.69, 9.17) is 14.6 Å². The topological polar surface area (TPSA) is 76.1 Å². The van der Waals surface area contributed by atoms with E-state index in [9.17, 15) is 9.59 Å². The summed E-state index contributed by atoms with van der Waals surface area (Å²) in [6.45, 7) is 2.54. The van der Waals surface area contributed by atoms with Gasteiger partial charge in [-0.15, -0.1) is 0 Å². The summed E-state index contributed by atoms with van der Waals surface area (Å²) < 4.78 is 10.5. The van der Waals surface area contributed by atoms with Crippen LogP contribution in [0, 0.1) is 6.92 Å². The number of hydrogen-bond acceptors (Lipinski definition) is 4. The summed E-state index contributed by atoms with van der Waals surface area (Å²) in [7, 11) is 0. The second kappa shape index (κ2) is 6.38. The number of carboxylic acid groups (broad SMARTS) is 1. The zero-order valence-corrected chi connectivity index (χ0v) is 11.2. The van der Waals surface area contributed by atoms with Crippen LogP contribution in [0.25, 0.3) is 0 Å². The Morgan fingerprint density at radius 1 is 1.40 bits per heavy atom. The third-order valence-corrected chi connectivity index (χ3v) is 3.08. The minimum Gasteiger partial charge on any atom is -0.484 e. The van der Waals surface area contributed by atoms with Gasteiger partial charge in [0.25, 0.3) is 5.91 Å². The Hall–Kier alpha value is -2.08. The molecule has 1 aromatic rings. The van der Waals surface area contributed by atoms with Crippen molar-refractivity contribution in [1.29, 1.82) is 0 Å². The maximum atomic E-state index is 12.0. The van der Waals surface area contributed by atoms with Gasteiger partial charge in [-0.25, -0.2) is 4.79 Å². The maximum Gasteiger partial charge on any atom is 0.334 e. The van der Waals surface area contributed by atoms with E-state index in [0.717, 1.165) is 5.56 Å². The van der Waals surface area contributed by atoms with Crippen LogP contribution in [0.5, 0.6) is 5.75 Å². The second-order valence-corrected chi connectivity index (χ2v) is 4.64. The number of carboxylic acids is 1. The van der Waals surface area contributed by atoms with Gasteiger partial charge >= 0.3 is 5.97 Å². The highest BCUT2D eigenvalue weighted by atomic mass is 16.5. The quantitative estimate of drug-likeness (QED) is 0.877. The van der Waals surface area contributed by atoms with Gasteiger partial charge in [-0.05, 0) is 19.1 Å². The van der Waals surface area contributed by atoms with Gasteiger partial charge in [-0.1, -0.05) is 17.7 Å². The van der Waals surface area contributed by atoms with E-state index in [1.165, 1.54) is 4.90 Å². The van der Waals surface area contributed by atoms with Crippen molar-refractivity contribution in [1.82, 2.24) is 4.90 Å². The summed E-state index contributed by atoms with van der Waals surface area (Å²) in [5.74, 6) is -0.672. The highest BCUT2D eigenvalue weighted by Crippen LogP contribution is 2.12. The van der Waals surface area contributed by atoms with E-state index in [1.54, 1.807) is 12.1 Å². The molecule has 0 aromatic heterocycles. The first-order chi connectivity index (χ1) is 9.56. The molecule has 0 spiro atoms. The van der Waals surface area contributed by atoms with Crippen LogP contribution >= 0.6 is 0 Å². The Morgan fingerprint density at radius 2 is 2.10 bits per heavy atom. The largest absolute Gasteiger partial charge is 0.484 e. The normalized spacial score (nSPS) is 18.6. The van der Waals surface area contributed by atoms with Crippen molar-refractivity contribution in [3.63, 3.8) is 0 Å². The number of rotatable bonds is 4. The molecule has 1 aliphatic rings. The molecule has 0 bridgehead atoms. The van der Waals surface area contributed by atoms with Crippen LogP contribution < -0.4 is 4.74 Å². The molecule has 2 rings (SSSR count). The summed E-state index contributed by atoms with van der Waals surface area (Å²) in [4.78, 5) is 24.3. The van der Waals surface area contributed by atoms with Gasteiger partial charge < -0.3 is 19.5 Å². The molecule has 0 aliphatic carbocycles. The summed E-state index contributed by atoms with van der Waals surface area (Å²) in [5.41, 5.74) is 1.11. The fourth-order valence-corrected chi connectivity index (χ4v) is 1.90. The molecule has 6 nitrogen and oxygen atoms in total. The number of amides is 1. The van der Waals surface area contributed by atoms with Crippen molar-refractivity contribution in [2.24, 2.45) is 0 Å². The van der Waals surface area contributed by atoms with E-state index in [2.05, 4.69) is 0 Å². The molecule has 0 saturated carbocycles. The number of nitrogens with zero attached hydrogens (tertiary/aromatic N) is 1. The van der Waals surface area contributed by atoms with Crippen molar-refractivity contribution in [3.8, 4) is 5.75 Å². The molecular weight excluding hydrogens is 262 g/mol. The van der Waals surface area contributed by atoms with Crippen molar-refractivity contribution in [3.05, 3.63) is 29.8 Å². The number of ether oxygens (including phenoxy) is 2. The Bertz CT molecular complexity index is 485. The zero-order chi connectivity index (χ0) is 14.5. The number of aryl methyl sites for hydroxylation is 1. The lowest BCUT2D eigenvalue weighted by molar-refractivity contribution is -0.159. The van der Waals surface area contributed by atoms with Crippen molar-refractivity contribution >= 4 is 11.9 Å². The Morgan fingerprint density at radius 3 is 2.75 bits per heavy atom. The molecule has 20 heavy (non-hydrogen) atoms. The number of carbonyl (C=O) groups is 2. The molecule has 1 atom stereocenters. The molecule has 0 radical (unpaired) electrons. The summed E-state index contributed by atoms with van der Waals surface area (Å²) in [6.07, 6.45) is -0.952. The first kappa shape index (κ1) is 14.3. The van der Waals surface area contributed by atoms with E-state index in [0.29, 0.717) is 12.3 Å². The van der Waals surface area contributed by atoms with E-state index < -0.39 is 12.1 Å². The van der Waals surface area contributed by atoms with Gasteiger partial charge in [0, 0.05) is 6.54 Å². The molecule has 1 N–H and O–H groups in total. The average molecular weight is 279 g/mol. The number of benzene rings is 1. The number of hydrogen-bond donors (Lipinski definition) is 1. The predicted molar refractivity (Wildman–Crippen MR) is 70.6 cm³/mol. The van der Waals surface area contributed by atoms with Gasteiger partial charge in [-0.2, -0.15) is 0 Å². The van der Waals surface area contributed by atoms with Crippen LogP contribution in [-0.2, 0) is 14.3 Å². The molecule has 1 aliphatic heterocycles. The average Bonchev–Trinajstić information content (AvgIpc) is 2.46. The molecule has 0 unspecified atom stereocenters. The van der Waals surface area contributed by atoms with Crippen LogP contribution in [0.15, 0.2) is 24.3 Å². The molecule has 1 saturated heterocycles. The van der Waals surface area contributed by atoms with Crippen LogP contribution in [0.1, 0.15) is 5.56 Å². The maximum absolute atomic E-state index is 12.0. The second-order valence-electron chi connectivity index (χ2n) is 4.64. The molecule has 1 heterocycles. The minimum atomic E-state index is -1.05. The highest BCUT2D eigenvalue weighted by Gasteiger charge is 2.28. The summed E-state index contributed by atoms with van der Waals surface area (Å²) in [6, 6.07) is 7.38. The molecule has 1 aromatic carbocycles. The predicted octanol–water partition coefficient (Wildman–Crippen LogP) is 0.686. The van der Waals surface area contributed by atoms with Gasteiger partial charge in [0.15, 0.2) is 12.7 Å². The Kier molecular flexibility index (Phi) is 4.57. The van der Waals surface area contributed by atoms with E-state index in [-0.39, 0.29) is 25.7 Å². The fourth-order valence-electron chi connectivity index (χ4n) is 1.90.